The van der Waals surface area contributed by atoms with Gasteiger partial charge in [-0.15, -0.1) is 0 Å². The van der Waals surface area contributed by atoms with Crippen LogP contribution in [0.5, 0.6) is 0 Å². The van der Waals surface area contributed by atoms with E-state index in [-0.39, 0.29) is 5.57 Å². The van der Waals surface area contributed by atoms with Gasteiger partial charge in [0.25, 0.3) is 0 Å². The maximum Gasteiger partial charge on any atom is 0.341 e. The van der Waals surface area contributed by atoms with Gasteiger partial charge in [-0.3, -0.25) is 4.79 Å². The van der Waals surface area contributed by atoms with Crippen LogP contribution in [0, 0.1) is 0 Å². The molecule has 0 fully saturated rings. The molecule has 14 heavy (non-hydrogen) atoms. The van der Waals surface area contributed by atoms with Crippen molar-refractivity contribution in [3.8, 4) is 0 Å². The van der Waals surface area contributed by atoms with E-state index in [4.69, 9.17) is 0 Å². The Morgan fingerprint density at radius 1 is 1.29 bits per heavy atom. The second-order valence-corrected chi connectivity index (χ2v) is 2.62. The summed E-state index contributed by atoms with van der Waals surface area (Å²) < 4.78 is 4.44. The van der Waals surface area contributed by atoms with Gasteiger partial charge in [0.15, 0.2) is 6.29 Å². The number of aldehydes is 1. The van der Waals surface area contributed by atoms with E-state index in [0.29, 0.717) is 6.29 Å². The largest absolute Gasteiger partial charge is 0.465 e. The fourth-order valence-corrected chi connectivity index (χ4v) is 0.988. The lowest BCUT2D eigenvalue weighted by Gasteiger charge is -1.97. The summed E-state index contributed by atoms with van der Waals surface area (Å²) in [6.45, 7) is 0. The number of hydrogen-bond donors (Lipinski definition) is 0. The Morgan fingerprint density at radius 3 is 2.43 bits per heavy atom. The Bertz CT molecular complexity index is 352. The molecule has 0 aliphatic heterocycles. The minimum absolute atomic E-state index is 0.0127. The van der Waals surface area contributed by atoms with Gasteiger partial charge in [-0.1, -0.05) is 30.3 Å². The van der Waals surface area contributed by atoms with Crippen LogP contribution in [0.2, 0.25) is 0 Å². The standard InChI is InChI=1S/C11H10O3/c1-14-11(13)10(8-12)7-9-5-3-2-4-6-9/h2-8H,1H3/b10-7-. The fourth-order valence-electron chi connectivity index (χ4n) is 0.988. The molecule has 3 nitrogen and oxygen atoms in total. The maximum absolute atomic E-state index is 11.0. The molecule has 0 saturated carbocycles. The first kappa shape index (κ1) is 10.2. The van der Waals surface area contributed by atoms with Gasteiger partial charge in [-0.25, -0.2) is 4.79 Å². The molecule has 0 atom stereocenters. The van der Waals surface area contributed by atoms with Crippen LogP contribution in [0.3, 0.4) is 0 Å². The van der Waals surface area contributed by atoms with Gasteiger partial charge < -0.3 is 4.74 Å². The third-order valence-electron chi connectivity index (χ3n) is 1.67. The van der Waals surface area contributed by atoms with E-state index in [1.54, 1.807) is 12.1 Å². The van der Waals surface area contributed by atoms with Gasteiger partial charge in [-0.05, 0) is 11.6 Å². The summed E-state index contributed by atoms with van der Waals surface area (Å²) in [6.07, 6.45) is 1.97. The van der Waals surface area contributed by atoms with E-state index >= 15 is 0 Å². The molecule has 0 saturated heterocycles. The number of benzene rings is 1. The first-order chi connectivity index (χ1) is 6.77. The number of methoxy groups -OCH3 is 1. The van der Waals surface area contributed by atoms with Gasteiger partial charge in [0.1, 0.15) is 0 Å². The van der Waals surface area contributed by atoms with Crippen LogP contribution in [0.15, 0.2) is 35.9 Å². The molecule has 1 aromatic carbocycles. The van der Waals surface area contributed by atoms with Crippen molar-refractivity contribution in [1.82, 2.24) is 0 Å². The Balaban J connectivity index is 2.95. The van der Waals surface area contributed by atoms with Crippen molar-refractivity contribution in [1.29, 1.82) is 0 Å². The van der Waals surface area contributed by atoms with E-state index in [2.05, 4.69) is 4.74 Å². The average Bonchev–Trinajstić information content (AvgIpc) is 2.26. The number of carbonyl (C=O) groups is 2. The van der Waals surface area contributed by atoms with Crippen LogP contribution in [0.25, 0.3) is 6.08 Å². The highest BCUT2D eigenvalue weighted by Crippen LogP contribution is 2.05. The van der Waals surface area contributed by atoms with Crippen molar-refractivity contribution in [2.75, 3.05) is 7.11 Å². The highest BCUT2D eigenvalue weighted by atomic mass is 16.5. The van der Waals surface area contributed by atoms with Crippen LogP contribution in [-0.2, 0) is 14.3 Å². The molecule has 0 aliphatic rings. The molecule has 0 amide bonds. The van der Waals surface area contributed by atoms with Gasteiger partial charge >= 0.3 is 5.97 Å². The number of hydrogen-bond acceptors (Lipinski definition) is 3. The van der Waals surface area contributed by atoms with Crippen molar-refractivity contribution in [2.45, 2.75) is 0 Å². The van der Waals surface area contributed by atoms with Crippen molar-refractivity contribution in [2.24, 2.45) is 0 Å². The topological polar surface area (TPSA) is 43.4 Å². The SMILES string of the molecule is COC(=O)/C(C=O)=C\c1ccccc1. The number of ether oxygens (including phenoxy) is 1. The number of esters is 1. The molecule has 0 bridgehead atoms. The molecule has 1 rings (SSSR count). The molecular formula is C11H10O3. The second kappa shape index (κ2) is 4.97. The Morgan fingerprint density at radius 2 is 1.93 bits per heavy atom. The Hall–Kier alpha value is -1.90. The number of rotatable bonds is 3. The molecule has 0 aliphatic carbocycles. The van der Waals surface area contributed by atoms with Crippen LogP contribution >= 0.6 is 0 Å². The van der Waals surface area contributed by atoms with Crippen molar-refractivity contribution in [3.63, 3.8) is 0 Å². The summed E-state index contributed by atoms with van der Waals surface area (Å²) >= 11 is 0. The predicted molar refractivity (Wildman–Crippen MR) is 52.5 cm³/mol. The van der Waals surface area contributed by atoms with E-state index < -0.39 is 5.97 Å². The first-order valence-electron chi connectivity index (χ1n) is 4.08. The molecule has 72 valence electrons. The summed E-state index contributed by atoms with van der Waals surface area (Å²) in [5.41, 5.74) is 0.804. The second-order valence-electron chi connectivity index (χ2n) is 2.62. The molecule has 0 spiro atoms. The third kappa shape index (κ3) is 2.55. The van der Waals surface area contributed by atoms with Gasteiger partial charge in [0.2, 0.25) is 0 Å². The summed E-state index contributed by atoms with van der Waals surface area (Å²) in [7, 11) is 1.24. The molecule has 0 unspecified atom stereocenters. The Labute approximate surface area is 82.0 Å². The van der Waals surface area contributed by atoms with Crippen LogP contribution in [0.4, 0.5) is 0 Å². The highest BCUT2D eigenvalue weighted by molar-refractivity contribution is 6.11. The Kier molecular flexibility index (Phi) is 3.61. The molecule has 0 radical (unpaired) electrons. The average molecular weight is 190 g/mol. The summed E-state index contributed by atoms with van der Waals surface area (Å²) in [5, 5.41) is 0. The van der Waals surface area contributed by atoms with E-state index in [1.165, 1.54) is 13.2 Å². The van der Waals surface area contributed by atoms with E-state index in [1.807, 2.05) is 18.2 Å². The molecule has 0 aromatic heterocycles. The molecule has 0 heterocycles. The molecule has 1 aromatic rings. The van der Waals surface area contributed by atoms with Gasteiger partial charge in [0.05, 0.1) is 12.7 Å². The van der Waals surface area contributed by atoms with E-state index in [0.717, 1.165) is 5.56 Å². The summed E-state index contributed by atoms with van der Waals surface area (Å²) in [4.78, 5) is 21.6. The van der Waals surface area contributed by atoms with Crippen molar-refractivity contribution in [3.05, 3.63) is 41.5 Å². The summed E-state index contributed by atoms with van der Waals surface area (Å²) in [6, 6.07) is 9.10. The zero-order chi connectivity index (χ0) is 10.4. The highest BCUT2D eigenvalue weighted by Gasteiger charge is 2.07. The molecule has 0 N–H and O–H groups in total. The van der Waals surface area contributed by atoms with Crippen molar-refractivity contribution >= 4 is 18.3 Å². The van der Waals surface area contributed by atoms with Crippen molar-refractivity contribution < 1.29 is 14.3 Å². The first-order valence-corrected chi connectivity index (χ1v) is 4.08. The van der Waals surface area contributed by atoms with E-state index in [9.17, 15) is 9.59 Å². The van der Waals surface area contributed by atoms with Gasteiger partial charge in [0, 0.05) is 0 Å². The number of carbonyl (C=O) groups excluding carboxylic acids is 2. The van der Waals surface area contributed by atoms with Crippen LogP contribution < -0.4 is 0 Å². The summed E-state index contributed by atoms with van der Waals surface area (Å²) in [5.74, 6) is -0.621. The maximum atomic E-state index is 11.0. The lowest BCUT2D eigenvalue weighted by atomic mass is 10.1. The van der Waals surface area contributed by atoms with Gasteiger partial charge in [-0.2, -0.15) is 0 Å². The zero-order valence-electron chi connectivity index (χ0n) is 7.77. The predicted octanol–water partition coefficient (Wildman–Crippen LogP) is 1.44. The quantitative estimate of drug-likeness (QED) is 0.238. The lowest BCUT2D eigenvalue weighted by molar-refractivity contribution is -0.136. The minimum Gasteiger partial charge on any atom is -0.465 e. The fraction of sp³-hybridized carbons (Fsp3) is 0.0909. The lowest BCUT2D eigenvalue weighted by Crippen LogP contribution is -2.05. The molecular weight excluding hydrogens is 180 g/mol. The molecule has 3 heteroatoms. The van der Waals surface area contributed by atoms with Crippen LogP contribution in [-0.4, -0.2) is 19.4 Å². The monoisotopic (exact) mass is 190 g/mol. The minimum atomic E-state index is -0.621. The zero-order valence-corrected chi connectivity index (χ0v) is 7.77. The normalized spacial score (nSPS) is 10.8. The third-order valence-corrected chi connectivity index (χ3v) is 1.67. The smallest absolute Gasteiger partial charge is 0.341 e. The van der Waals surface area contributed by atoms with Crippen LogP contribution in [0.1, 0.15) is 5.56 Å².